The van der Waals surface area contributed by atoms with Crippen LogP contribution in [0.15, 0.2) is 54.6 Å². The maximum absolute atomic E-state index is 13.0. The van der Waals surface area contributed by atoms with Crippen molar-refractivity contribution in [3.05, 3.63) is 65.7 Å². The summed E-state index contributed by atoms with van der Waals surface area (Å²) < 4.78 is 18.3. The Balaban J connectivity index is 1.65. The second-order valence-corrected chi connectivity index (χ2v) is 15.3. The third kappa shape index (κ3) is 26.9. The summed E-state index contributed by atoms with van der Waals surface area (Å²) in [5.74, 6) is 0.640. The smallest absolute Gasteiger partial charge is 0.237 e. The number of unbranched alkanes of at least 4 members (excludes halogenated alkanes) is 22. The third-order valence-corrected chi connectivity index (χ3v) is 10.3. The van der Waals surface area contributed by atoms with Gasteiger partial charge in [-0.15, -0.1) is 0 Å². The quantitative estimate of drug-likeness (QED) is 0.0675. The average Bonchev–Trinajstić information content (AvgIpc) is 3.18. The molecule has 0 aliphatic rings. The van der Waals surface area contributed by atoms with E-state index in [-0.39, 0.29) is 12.0 Å². The first-order valence-electron chi connectivity index (χ1n) is 22.1. The van der Waals surface area contributed by atoms with Crippen molar-refractivity contribution in [3.63, 3.8) is 0 Å². The van der Waals surface area contributed by atoms with Crippen molar-refractivity contribution in [2.24, 2.45) is 5.73 Å². The molecule has 2 unspecified atom stereocenters. The van der Waals surface area contributed by atoms with Crippen molar-refractivity contribution >= 4 is 5.91 Å². The number of amides is 1. The van der Waals surface area contributed by atoms with E-state index in [9.17, 15) is 4.79 Å². The van der Waals surface area contributed by atoms with Gasteiger partial charge in [-0.3, -0.25) is 4.79 Å². The first kappa shape index (κ1) is 46.7. The molecule has 0 spiro atoms. The van der Waals surface area contributed by atoms with E-state index in [2.05, 4.69) is 19.2 Å². The molecule has 53 heavy (non-hydrogen) atoms. The van der Waals surface area contributed by atoms with E-state index in [4.69, 9.17) is 19.9 Å². The van der Waals surface area contributed by atoms with Gasteiger partial charge >= 0.3 is 0 Å². The predicted molar refractivity (Wildman–Crippen MR) is 225 cm³/mol. The summed E-state index contributed by atoms with van der Waals surface area (Å²) in [4.78, 5) is 13.0. The maximum Gasteiger partial charge on any atom is 0.237 e. The molecule has 1 amide bonds. The van der Waals surface area contributed by atoms with Crippen molar-refractivity contribution in [2.45, 2.75) is 193 Å². The fourth-order valence-electron chi connectivity index (χ4n) is 6.77. The second-order valence-electron chi connectivity index (χ2n) is 15.3. The molecule has 2 atom stereocenters. The molecule has 2 rings (SSSR count). The molecule has 3 N–H and O–H groups in total. The lowest BCUT2D eigenvalue weighted by molar-refractivity contribution is -0.123. The average molecular weight is 737 g/mol. The largest absolute Gasteiger partial charge is 0.489 e. The molecule has 6 nitrogen and oxygen atoms in total. The molecule has 0 bridgehead atoms. The van der Waals surface area contributed by atoms with Gasteiger partial charge in [-0.2, -0.15) is 0 Å². The minimum Gasteiger partial charge on any atom is -0.489 e. The number of carbonyl (C=O) groups is 1. The molecule has 0 fully saturated rings. The van der Waals surface area contributed by atoms with Crippen molar-refractivity contribution in [3.8, 4) is 5.75 Å². The number of rotatable bonds is 37. The van der Waals surface area contributed by atoms with Crippen LogP contribution in [0.4, 0.5) is 0 Å². The summed E-state index contributed by atoms with van der Waals surface area (Å²) in [6.45, 7) is 7.43. The molecular weight excluding hydrogens is 657 g/mol. The van der Waals surface area contributed by atoms with E-state index in [1.165, 1.54) is 141 Å². The van der Waals surface area contributed by atoms with Gasteiger partial charge in [-0.1, -0.05) is 198 Å². The Kier molecular flexibility index (Phi) is 30.1. The van der Waals surface area contributed by atoms with Crippen LogP contribution in [0.25, 0.3) is 0 Å². The normalized spacial score (nSPS) is 12.5. The topological polar surface area (TPSA) is 82.8 Å². The lowest BCUT2D eigenvalue weighted by Gasteiger charge is -2.20. The van der Waals surface area contributed by atoms with Crippen molar-refractivity contribution in [1.29, 1.82) is 0 Å². The van der Waals surface area contributed by atoms with Gasteiger partial charge in [0.1, 0.15) is 12.4 Å². The van der Waals surface area contributed by atoms with Gasteiger partial charge in [0, 0.05) is 19.8 Å². The highest BCUT2D eigenvalue weighted by molar-refractivity contribution is 5.81. The first-order valence-corrected chi connectivity index (χ1v) is 22.1. The first-order chi connectivity index (χ1) is 26.1. The Labute approximate surface area is 326 Å². The summed E-state index contributed by atoms with van der Waals surface area (Å²) in [5.41, 5.74) is 8.48. The highest BCUT2D eigenvalue weighted by atomic mass is 16.5. The van der Waals surface area contributed by atoms with Gasteiger partial charge in [0.25, 0.3) is 0 Å². The summed E-state index contributed by atoms with van der Waals surface area (Å²) >= 11 is 0. The summed E-state index contributed by atoms with van der Waals surface area (Å²) in [6, 6.07) is 17.3. The maximum atomic E-state index is 13.0. The lowest BCUT2D eigenvalue weighted by Crippen LogP contribution is -2.45. The van der Waals surface area contributed by atoms with E-state index >= 15 is 0 Å². The fraction of sp³-hybridized carbons (Fsp3) is 0.723. The number of hydrogen-bond acceptors (Lipinski definition) is 5. The van der Waals surface area contributed by atoms with Crippen LogP contribution >= 0.6 is 0 Å². The van der Waals surface area contributed by atoms with Gasteiger partial charge in [-0.25, -0.2) is 0 Å². The van der Waals surface area contributed by atoms with E-state index in [0.717, 1.165) is 36.3 Å². The molecule has 0 aliphatic carbocycles. The van der Waals surface area contributed by atoms with Gasteiger partial charge in [-0.05, 0) is 42.5 Å². The Morgan fingerprint density at radius 1 is 0.585 bits per heavy atom. The van der Waals surface area contributed by atoms with Crippen LogP contribution in [0.2, 0.25) is 0 Å². The van der Waals surface area contributed by atoms with Crippen LogP contribution in [-0.4, -0.2) is 44.4 Å². The summed E-state index contributed by atoms with van der Waals surface area (Å²) in [7, 11) is 0. The lowest BCUT2D eigenvalue weighted by atomic mass is 10.1. The molecule has 0 aliphatic heterocycles. The minimum absolute atomic E-state index is 0.158. The summed E-state index contributed by atoms with van der Waals surface area (Å²) in [6.07, 6.45) is 32.1. The molecular formula is C47H80N2O4. The van der Waals surface area contributed by atoms with Gasteiger partial charge in [0.2, 0.25) is 5.91 Å². The standard InChI is InChI=1S/C47H80N2O4/c1-3-5-7-9-11-13-15-17-19-21-23-28-36-51-41-45(52-37-29-24-22-20-18-16-14-12-10-8-6-4-2)39-49-47(50)46(48)38-42-32-34-44(35-33-42)53-40-43-30-26-25-27-31-43/h25-27,30-35,45-46H,3-24,28-29,36-41,48H2,1-2H3,(H,49,50). The third-order valence-electron chi connectivity index (χ3n) is 10.3. The summed E-state index contributed by atoms with van der Waals surface area (Å²) in [5, 5.41) is 3.06. The van der Waals surface area contributed by atoms with Crippen molar-refractivity contribution in [2.75, 3.05) is 26.4 Å². The molecule has 6 heteroatoms. The monoisotopic (exact) mass is 737 g/mol. The molecule has 2 aromatic carbocycles. The Hall–Kier alpha value is -2.41. The SMILES string of the molecule is CCCCCCCCCCCCCCOCC(CNC(=O)C(N)Cc1ccc(OCc2ccccc2)cc1)OCCCCCCCCCCCCCC. The minimum atomic E-state index is -0.634. The van der Waals surface area contributed by atoms with Crippen LogP contribution in [0.5, 0.6) is 5.75 Å². The number of nitrogens with one attached hydrogen (secondary N) is 1. The number of carbonyl (C=O) groups excluding carboxylic acids is 1. The molecule has 0 heterocycles. The molecule has 2 aromatic rings. The number of ether oxygens (including phenoxy) is 3. The predicted octanol–water partition coefficient (Wildman–Crippen LogP) is 12.1. The highest BCUT2D eigenvalue weighted by Gasteiger charge is 2.17. The van der Waals surface area contributed by atoms with Gasteiger partial charge < -0.3 is 25.3 Å². The molecule has 0 radical (unpaired) electrons. The van der Waals surface area contributed by atoms with Crippen LogP contribution in [0.3, 0.4) is 0 Å². The van der Waals surface area contributed by atoms with E-state index in [0.29, 0.717) is 32.8 Å². The van der Waals surface area contributed by atoms with Crippen molar-refractivity contribution in [1.82, 2.24) is 5.32 Å². The van der Waals surface area contributed by atoms with E-state index < -0.39 is 6.04 Å². The Bertz CT molecular complexity index is 1080. The van der Waals surface area contributed by atoms with Crippen LogP contribution < -0.4 is 15.8 Å². The molecule has 0 aromatic heterocycles. The van der Waals surface area contributed by atoms with Crippen molar-refractivity contribution < 1.29 is 19.0 Å². The Morgan fingerprint density at radius 2 is 1.06 bits per heavy atom. The zero-order valence-electron chi connectivity index (χ0n) is 34.3. The Morgan fingerprint density at radius 3 is 1.57 bits per heavy atom. The van der Waals surface area contributed by atoms with E-state index in [1.807, 2.05) is 54.6 Å². The fourth-order valence-corrected chi connectivity index (χ4v) is 6.77. The van der Waals surface area contributed by atoms with Gasteiger partial charge in [0.15, 0.2) is 0 Å². The number of nitrogens with two attached hydrogens (primary N) is 1. The molecule has 0 saturated heterocycles. The zero-order valence-corrected chi connectivity index (χ0v) is 34.3. The highest BCUT2D eigenvalue weighted by Crippen LogP contribution is 2.16. The second kappa shape index (κ2) is 34.1. The zero-order chi connectivity index (χ0) is 37.9. The molecule has 0 saturated carbocycles. The number of hydrogen-bond donors (Lipinski definition) is 2. The van der Waals surface area contributed by atoms with Crippen LogP contribution in [0, 0.1) is 0 Å². The van der Waals surface area contributed by atoms with Crippen LogP contribution in [-0.2, 0) is 27.3 Å². The van der Waals surface area contributed by atoms with Gasteiger partial charge in [0.05, 0.1) is 18.8 Å². The number of benzene rings is 2. The molecule has 302 valence electrons. The van der Waals surface area contributed by atoms with E-state index in [1.54, 1.807) is 0 Å². The van der Waals surface area contributed by atoms with Crippen LogP contribution in [0.1, 0.15) is 179 Å².